The molecule has 11 nitrogen and oxygen atoms in total. The molecule has 178 valence electrons. The van der Waals surface area contributed by atoms with Crippen molar-refractivity contribution in [2.45, 2.75) is 45.1 Å². The van der Waals surface area contributed by atoms with Crippen LogP contribution in [0, 0.1) is 6.92 Å². The lowest BCUT2D eigenvalue weighted by Crippen LogP contribution is -2.39. The zero-order valence-electron chi connectivity index (χ0n) is 17.8. The molecule has 33 heavy (non-hydrogen) atoms. The molecule has 1 aromatic heterocycles. The van der Waals surface area contributed by atoms with E-state index in [0.717, 1.165) is 4.57 Å². The van der Waals surface area contributed by atoms with E-state index in [1.807, 2.05) is 0 Å². The molecule has 2 saturated heterocycles. The maximum absolute atomic E-state index is 15.2. The number of nitrogens with one attached hydrogen (secondary N) is 1. The number of nitrogens with zero attached hydrogens (tertiary/aromatic N) is 1. The molecule has 0 amide bonds. The van der Waals surface area contributed by atoms with E-state index in [0.29, 0.717) is 5.56 Å². The molecule has 1 aromatic carbocycles. The van der Waals surface area contributed by atoms with Crippen molar-refractivity contribution in [3.63, 3.8) is 0 Å². The number of aromatic amines is 1. The molecule has 3 heterocycles. The first-order valence-electron chi connectivity index (χ1n) is 10.2. The molecule has 5 atom stereocenters. The Hall–Kier alpha value is -2.63. The van der Waals surface area contributed by atoms with Crippen LogP contribution in [-0.4, -0.2) is 47.1 Å². The summed E-state index contributed by atoms with van der Waals surface area (Å²) < 4.78 is 55.5. The molecule has 1 unspecified atom stereocenters. The number of benzene rings is 1. The van der Waals surface area contributed by atoms with E-state index in [1.54, 1.807) is 25.1 Å². The van der Waals surface area contributed by atoms with Crippen LogP contribution in [-0.2, 0) is 34.2 Å². The Morgan fingerprint density at radius 1 is 1.33 bits per heavy atom. The van der Waals surface area contributed by atoms with Gasteiger partial charge in [0, 0.05) is 11.8 Å². The Labute approximate surface area is 187 Å². The molecule has 0 radical (unpaired) electrons. The van der Waals surface area contributed by atoms with Gasteiger partial charge in [-0.15, -0.1) is 0 Å². The second-order valence-electron chi connectivity index (χ2n) is 7.45. The van der Waals surface area contributed by atoms with Crippen molar-refractivity contribution in [2.24, 2.45) is 0 Å². The average molecular weight is 484 g/mol. The van der Waals surface area contributed by atoms with Gasteiger partial charge < -0.3 is 9.47 Å². The van der Waals surface area contributed by atoms with E-state index in [4.69, 9.17) is 23.0 Å². The van der Waals surface area contributed by atoms with Crippen LogP contribution in [0.3, 0.4) is 0 Å². The highest BCUT2D eigenvalue weighted by Crippen LogP contribution is 2.57. The first kappa shape index (κ1) is 23.5. The Kier molecular flexibility index (Phi) is 6.64. The minimum absolute atomic E-state index is 0.179. The van der Waals surface area contributed by atoms with Gasteiger partial charge in [-0.05, 0) is 25.5 Å². The number of carbonyl (C=O) groups is 1. The number of alkyl halides is 1. The van der Waals surface area contributed by atoms with Gasteiger partial charge in [0.15, 0.2) is 12.4 Å². The van der Waals surface area contributed by atoms with Gasteiger partial charge in [0.25, 0.3) is 5.56 Å². The third-order valence-electron chi connectivity index (χ3n) is 5.23. The third-order valence-corrected chi connectivity index (χ3v) is 6.64. The molecular weight excluding hydrogens is 462 g/mol. The van der Waals surface area contributed by atoms with Crippen molar-refractivity contribution in [3.05, 3.63) is 68.0 Å². The van der Waals surface area contributed by atoms with Crippen LogP contribution in [0.15, 0.2) is 40.1 Å². The van der Waals surface area contributed by atoms with Crippen molar-refractivity contribution in [1.29, 1.82) is 0 Å². The number of halogens is 1. The molecule has 2 aromatic rings. The monoisotopic (exact) mass is 484 g/mol. The van der Waals surface area contributed by atoms with Gasteiger partial charge in [0.1, 0.15) is 12.2 Å². The van der Waals surface area contributed by atoms with Crippen LogP contribution in [0.25, 0.3) is 0 Å². The van der Waals surface area contributed by atoms with E-state index in [9.17, 15) is 18.9 Å². The number of rotatable bonds is 6. The summed E-state index contributed by atoms with van der Waals surface area (Å²) in [4.78, 5) is 37.9. The fourth-order valence-corrected chi connectivity index (χ4v) is 4.94. The minimum atomic E-state index is -4.22. The van der Waals surface area contributed by atoms with Crippen LogP contribution in [0.4, 0.5) is 4.39 Å². The summed E-state index contributed by atoms with van der Waals surface area (Å²) >= 11 is 0. The van der Waals surface area contributed by atoms with E-state index < -0.39 is 49.6 Å². The van der Waals surface area contributed by atoms with E-state index in [-0.39, 0.29) is 30.9 Å². The van der Waals surface area contributed by atoms with E-state index in [2.05, 4.69) is 4.98 Å². The van der Waals surface area contributed by atoms with Gasteiger partial charge in [0.2, 0.25) is 0 Å². The maximum atomic E-state index is 15.2. The topological polar surface area (TPSA) is 135 Å². The first-order chi connectivity index (χ1) is 15.7. The number of carbonyl (C=O) groups excluding carboxylic acids is 1. The highest BCUT2D eigenvalue weighted by Gasteiger charge is 2.54. The number of hydrogen-bond donors (Lipinski definition) is 1. The molecule has 2 fully saturated rings. The summed E-state index contributed by atoms with van der Waals surface area (Å²) in [7, 11) is -4.22. The Bertz CT molecular complexity index is 1210. The van der Waals surface area contributed by atoms with Gasteiger partial charge in [-0.25, -0.2) is 18.5 Å². The number of H-pyrrole nitrogens is 1. The minimum Gasteiger partial charge on any atom is -0.462 e. The fourth-order valence-electron chi connectivity index (χ4n) is 3.57. The van der Waals surface area contributed by atoms with Crippen molar-refractivity contribution in [1.82, 2.24) is 9.55 Å². The zero-order valence-corrected chi connectivity index (χ0v) is 18.7. The average Bonchev–Trinajstić information content (AvgIpc) is 3.10. The molecule has 13 heteroatoms. The molecule has 0 spiro atoms. The molecular formula is C20H22FN2O9P. The summed E-state index contributed by atoms with van der Waals surface area (Å²) in [6, 6.07) is 6.41. The van der Waals surface area contributed by atoms with E-state index in [1.165, 1.54) is 19.2 Å². The fraction of sp³-hybridized carbons (Fsp3) is 0.450. The SMILES string of the molecule is CCOC(=O)c1ccccc1COP1(=O)OC[C@@H]2O[C@H](n3cc(C)c(=O)[nH]c3=O)[C@H](F)[C@H]2O1. The Balaban J connectivity index is 1.48. The lowest BCUT2D eigenvalue weighted by atomic mass is 10.1. The Morgan fingerprint density at radius 2 is 2.09 bits per heavy atom. The predicted octanol–water partition coefficient (Wildman–Crippen LogP) is 2.00. The van der Waals surface area contributed by atoms with Gasteiger partial charge in [-0.2, -0.15) is 0 Å². The smallest absolute Gasteiger partial charge is 0.462 e. The van der Waals surface area contributed by atoms with Gasteiger partial charge in [0.05, 0.1) is 25.4 Å². The molecule has 0 aliphatic carbocycles. The predicted molar refractivity (Wildman–Crippen MR) is 110 cm³/mol. The highest BCUT2D eigenvalue weighted by atomic mass is 31.2. The number of aryl methyl sites for hydroxylation is 1. The second kappa shape index (κ2) is 9.32. The molecule has 0 saturated carbocycles. The summed E-state index contributed by atoms with van der Waals surface area (Å²) in [6.45, 7) is 2.68. The van der Waals surface area contributed by atoms with Crippen LogP contribution in [0.2, 0.25) is 0 Å². The number of ether oxygens (including phenoxy) is 2. The molecule has 2 aliphatic rings. The normalized spacial score (nSPS) is 28.9. The van der Waals surface area contributed by atoms with Crippen LogP contribution in [0.1, 0.15) is 34.6 Å². The summed E-state index contributed by atoms with van der Waals surface area (Å²) in [5.74, 6) is -0.571. The summed E-state index contributed by atoms with van der Waals surface area (Å²) in [5.41, 5.74) is -0.656. The number of hydrogen-bond acceptors (Lipinski definition) is 9. The standard InChI is InChI=1S/C20H22FN2O9P/c1-3-28-19(25)13-7-5-4-6-12(13)9-29-33(27)30-10-14-16(32-33)15(21)18(31-14)23-8-11(2)17(24)22-20(23)26/h4-8,14-16,18H,3,9-10H2,1-2H3,(H,22,24,26)/t14-,15+,16-,18-,33?/m0/s1. The number of esters is 1. The Morgan fingerprint density at radius 3 is 2.85 bits per heavy atom. The number of phosphoric ester groups is 1. The second-order valence-corrected chi connectivity index (χ2v) is 9.07. The molecule has 2 aliphatic heterocycles. The molecule has 4 rings (SSSR count). The molecule has 1 N–H and O–H groups in total. The van der Waals surface area contributed by atoms with Crippen LogP contribution >= 0.6 is 7.82 Å². The van der Waals surface area contributed by atoms with Gasteiger partial charge in [-0.3, -0.25) is 27.9 Å². The first-order valence-corrected chi connectivity index (χ1v) is 11.6. The van der Waals surface area contributed by atoms with Crippen LogP contribution in [0.5, 0.6) is 0 Å². The van der Waals surface area contributed by atoms with E-state index >= 15 is 4.39 Å². The van der Waals surface area contributed by atoms with Crippen molar-refractivity contribution in [2.75, 3.05) is 13.2 Å². The van der Waals surface area contributed by atoms with Crippen LogP contribution < -0.4 is 11.2 Å². The summed E-state index contributed by atoms with van der Waals surface area (Å²) in [6.07, 6.45) is -4.43. The number of aromatic nitrogens is 2. The van der Waals surface area contributed by atoms with Crippen molar-refractivity contribution >= 4 is 13.8 Å². The zero-order chi connectivity index (χ0) is 23.8. The lowest BCUT2D eigenvalue weighted by Gasteiger charge is -2.30. The maximum Gasteiger partial charge on any atom is 0.475 e. The van der Waals surface area contributed by atoms with Gasteiger partial charge >= 0.3 is 19.5 Å². The quantitative estimate of drug-likeness (QED) is 0.482. The highest BCUT2D eigenvalue weighted by molar-refractivity contribution is 7.48. The summed E-state index contributed by atoms with van der Waals surface area (Å²) in [5, 5.41) is 0. The van der Waals surface area contributed by atoms with Crippen molar-refractivity contribution < 1.29 is 36.8 Å². The van der Waals surface area contributed by atoms with Crippen molar-refractivity contribution in [3.8, 4) is 0 Å². The number of phosphoric acid groups is 1. The number of fused-ring (bicyclic) bond motifs is 1. The third kappa shape index (κ3) is 4.71. The lowest BCUT2D eigenvalue weighted by molar-refractivity contribution is -0.0731. The van der Waals surface area contributed by atoms with Gasteiger partial charge in [-0.1, -0.05) is 18.2 Å². The molecule has 0 bridgehead atoms. The largest absolute Gasteiger partial charge is 0.475 e.